The van der Waals surface area contributed by atoms with Gasteiger partial charge in [-0.1, -0.05) is 37.3 Å². The summed E-state index contributed by atoms with van der Waals surface area (Å²) in [5, 5.41) is 4.59. The summed E-state index contributed by atoms with van der Waals surface area (Å²) in [7, 11) is -2.90. The van der Waals surface area contributed by atoms with Crippen LogP contribution in [0.15, 0.2) is 30.3 Å². The summed E-state index contributed by atoms with van der Waals surface area (Å²) in [6.07, 6.45) is 0.688. The molecular weight excluding hydrogens is 356 g/mol. The third-order valence-electron chi connectivity index (χ3n) is 4.74. The van der Waals surface area contributed by atoms with Crippen LogP contribution in [-0.4, -0.2) is 51.8 Å². The molecule has 6 nitrogen and oxygen atoms in total. The van der Waals surface area contributed by atoms with Gasteiger partial charge >= 0.3 is 0 Å². The van der Waals surface area contributed by atoms with Gasteiger partial charge in [0.2, 0.25) is 0 Å². The molecule has 0 amide bonds. The lowest BCUT2D eigenvalue weighted by Crippen LogP contribution is -2.37. The third-order valence-corrected chi connectivity index (χ3v) is 6.92. The highest BCUT2D eigenvalue weighted by atomic mass is 32.2. The molecule has 1 aliphatic rings. The van der Waals surface area contributed by atoms with E-state index in [9.17, 15) is 8.42 Å². The molecule has 136 valence electrons. The SMILES string of the molecule is CCN(Cn1nc(C)n(Cc2ccccc2)c1=S)[C@@H]1CCS(=O)(=O)C1. The van der Waals surface area contributed by atoms with E-state index in [1.54, 1.807) is 0 Å². The van der Waals surface area contributed by atoms with Crippen LogP contribution in [0.3, 0.4) is 0 Å². The van der Waals surface area contributed by atoms with Crippen molar-refractivity contribution in [3.05, 3.63) is 46.5 Å². The molecule has 1 aromatic carbocycles. The second-order valence-electron chi connectivity index (χ2n) is 6.50. The Bertz CT molecular complexity index is 887. The van der Waals surface area contributed by atoms with Crippen molar-refractivity contribution in [3.63, 3.8) is 0 Å². The Morgan fingerprint density at radius 3 is 2.64 bits per heavy atom. The number of hydrogen-bond donors (Lipinski definition) is 0. The zero-order chi connectivity index (χ0) is 18.0. The van der Waals surface area contributed by atoms with Crippen LogP contribution in [0, 0.1) is 11.7 Å². The Kier molecular flexibility index (Phi) is 5.41. The second kappa shape index (κ2) is 7.39. The van der Waals surface area contributed by atoms with Crippen LogP contribution in [-0.2, 0) is 23.1 Å². The summed E-state index contributed by atoms with van der Waals surface area (Å²) in [5.74, 6) is 1.38. The topological polar surface area (TPSA) is 60.1 Å². The smallest absolute Gasteiger partial charge is 0.199 e. The van der Waals surface area contributed by atoms with Crippen molar-refractivity contribution in [1.82, 2.24) is 19.2 Å². The zero-order valence-corrected chi connectivity index (χ0v) is 16.3. The molecule has 0 unspecified atom stereocenters. The second-order valence-corrected chi connectivity index (χ2v) is 9.10. The van der Waals surface area contributed by atoms with E-state index in [-0.39, 0.29) is 17.5 Å². The monoisotopic (exact) mass is 380 g/mol. The van der Waals surface area contributed by atoms with Crippen LogP contribution < -0.4 is 0 Å². The molecule has 1 aliphatic heterocycles. The molecule has 1 saturated heterocycles. The minimum atomic E-state index is -2.90. The summed E-state index contributed by atoms with van der Waals surface area (Å²) >= 11 is 5.62. The minimum absolute atomic E-state index is 0.0523. The fourth-order valence-electron chi connectivity index (χ4n) is 3.30. The minimum Gasteiger partial charge on any atom is -0.300 e. The van der Waals surface area contributed by atoms with Crippen LogP contribution in [0.1, 0.15) is 24.7 Å². The number of benzene rings is 1. The lowest BCUT2D eigenvalue weighted by atomic mass is 10.2. The molecule has 3 rings (SSSR count). The maximum atomic E-state index is 11.8. The van der Waals surface area contributed by atoms with Gasteiger partial charge in [-0.05, 0) is 37.7 Å². The van der Waals surface area contributed by atoms with E-state index in [4.69, 9.17) is 12.2 Å². The Labute approximate surface area is 154 Å². The number of hydrogen-bond acceptors (Lipinski definition) is 5. The first kappa shape index (κ1) is 18.3. The number of rotatable bonds is 6. The van der Waals surface area contributed by atoms with Crippen LogP contribution in [0.4, 0.5) is 0 Å². The zero-order valence-electron chi connectivity index (χ0n) is 14.6. The highest BCUT2D eigenvalue weighted by Gasteiger charge is 2.32. The highest BCUT2D eigenvalue weighted by molar-refractivity contribution is 7.91. The van der Waals surface area contributed by atoms with Gasteiger partial charge < -0.3 is 0 Å². The van der Waals surface area contributed by atoms with E-state index in [1.165, 1.54) is 5.56 Å². The van der Waals surface area contributed by atoms with E-state index in [1.807, 2.05) is 41.3 Å². The van der Waals surface area contributed by atoms with E-state index in [0.29, 0.717) is 24.4 Å². The Morgan fingerprint density at radius 1 is 1.32 bits per heavy atom. The fraction of sp³-hybridized carbons (Fsp3) is 0.529. The van der Waals surface area contributed by atoms with Gasteiger partial charge in [0.1, 0.15) is 5.82 Å². The third kappa shape index (κ3) is 4.19. The quantitative estimate of drug-likeness (QED) is 0.720. The predicted octanol–water partition coefficient (Wildman–Crippen LogP) is 2.24. The first-order chi connectivity index (χ1) is 11.9. The predicted molar refractivity (Wildman–Crippen MR) is 101 cm³/mol. The van der Waals surface area contributed by atoms with Gasteiger partial charge in [-0.25, -0.2) is 13.1 Å². The van der Waals surface area contributed by atoms with Crippen LogP contribution in [0.2, 0.25) is 0 Å². The van der Waals surface area contributed by atoms with Gasteiger partial charge in [-0.2, -0.15) is 5.10 Å². The van der Waals surface area contributed by atoms with Crippen molar-refractivity contribution < 1.29 is 8.42 Å². The Hall–Kier alpha value is -1.51. The maximum absolute atomic E-state index is 11.8. The molecule has 1 fully saturated rings. The average Bonchev–Trinajstić information content (AvgIpc) is 3.07. The summed E-state index contributed by atoms with van der Waals surface area (Å²) in [4.78, 5) is 2.15. The summed E-state index contributed by atoms with van der Waals surface area (Å²) in [6, 6.07) is 10.2. The van der Waals surface area contributed by atoms with E-state index in [2.05, 4.69) is 22.1 Å². The first-order valence-corrected chi connectivity index (χ1v) is 10.7. The highest BCUT2D eigenvalue weighted by Crippen LogP contribution is 2.18. The van der Waals surface area contributed by atoms with Crippen LogP contribution in [0.25, 0.3) is 0 Å². The lowest BCUT2D eigenvalue weighted by Gasteiger charge is -2.26. The van der Waals surface area contributed by atoms with E-state index in [0.717, 1.165) is 12.4 Å². The van der Waals surface area contributed by atoms with Gasteiger partial charge in [0.05, 0.1) is 24.7 Å². The molecule has 0 bridgehead atoms. The van der Waals surface area contributed by atoms with Crippen LogP contribution in [0.5, 0.6) is 0 Å². The normalized spacial score (nSPS) is 19.6. The van der Waals surface area contributed by atoms with Crippen molar-refractivity contribution in [2.75, 3.05) is 18.1 Å². The molecule has 2 aromatic rings. The molecule has 0 aliphatic carbocycles. The van der Waals surface area contributed by atoms with Crippen molar-refractivity contribution >= 4 is 22.1 Å². The molecule has 0 N–H and O–H groups in total. The number of nitrogens with zero attached hydrogens (tertiary/aromatic N) is 4. The van der Waals surface area contributed by atoms with Crippen molar-refractivity contribution in [3.8, 4) is 0 Å². The van der Waals surface area contributed by atoms with Crippen molar-refractivity contribution in [2.24, 2.45) is 0 Å². The van der Waals surface area contributed by atoms with Gasteiger partial charge in [0.25, 0.3) is 0 Å². The molecule has 0 saturated carbocycles. The number of aromatic nitrogens is 3. The molecule has 8 heteroatoms. The standard InChI is InChI=1S/C17H24N4O2S2/c1-3-19(16-9-10-25(22,23)12-16)13-21-17(24)20(14(2)18-21)11-15-7-5-4-6-8-15/h4-8,16H,3,9-13H2,1-2H3/t16-/m1/s1. The van der Waals surface area contributed by atoms with Gasteiger partial charge in [0.15, 0.2) is 14.6 Å². The molecule has 2 heterocycles. The van der Waals surface area contributed by atoms with Crippen LogP contribution >= 0.6 is 12.2 Å². The lowest BCUT2D eigenvalue weighted by molar-refractivity contribution is 0.163. The molecular formula is C17H24N4O2S2. The summed E-state index contributed by atoms with van der Waals surface area (Å²) in [6.45, 7) is 5.98. The van der Waals surface area contributed by atoms with E-state index < -0.39 is 9.84 Å². The fourth-order valence-corrected chi connectivity index (χ4v) is 5.36. The van der Waals surface area contributed by atoms with E-state index >= 15 is 0 Å². The number of sulfone groups is 1. The van der Waals surface area contributed by atoms with Gasteiger partial charge in [-0.3, -0.25) is 9.47 Å². The Morgan fingerprint density at radius 2 is 2.04 bits per heavy atom. The van der Waals surface area contributed by atoms with Gasteiger partial charge in [0, 0.05) is 6.04 Å². The molecule has 1 aromatic heterocycles. The summed E-state index contributed by atoms with van der Waals surface area (Å²) < 4.78 is 28.0. The first-order valence-electron chi connectivity index (χ1n) is 8.52. The molecule has 25 heavy (non-hydrogen) atoms. The summed E-state index contributed by atoms with van der Waals surface area (Å²) in [5.41, 5.74) is 1.18. The number of aryl methyl sites for hydroxylation is 1. The molecule has 1 atom stereocenters. The van der Waals surface area contributed by atoms with Crippen molar-refractivity contribution in [2.45, 2.75) is 39.5 Å². The molecule has 0 spiro atoms. The largest absolute Gasteiger partial charge is 0.300 e. The maximum Gasteiger partial charge on any atom is 0.199 e. The average molecular weight is 381 g/mol. The molecule has 0 radical (unpaired) electrons. The van der Waals surface area contributed by atoms with Crippen molar-refractivity contribution in [1.29, 1.82) is 0 Å². The Balaban J connectivity index is 1.79. The van der Waals surface area contributed by atoms with Gasteiger partial charge in [-0.15, -0.1) is 0 Å².